The molecule has 2 heteroatoms. The van der Waals surface area contributed by atoms with E-state index in [9.17, 15) is 0 Å². The molecule has 0 aliphatic heterocycles. The van der Waals surface area contributed by atoms with Gasteiger partial charge in [0.05, 0.1) is 6.61 Å². The highest BCUT2D eigenvalue weighted by Gasteiger charge is 2.64. The van der Waals surface area contributed by atoms with Crippen LogP contribution in [0.2, 0.25) is 0 Å². The summed E-state index contributed by atoms with van der Waals surface area (Å²) in [5, 5.41) is 3.77. The van der Waals surface area contributed by atoms with E-state index in [0.29, 0.717) is 22.9 Å². The second-order valence-corrected chi connectivity index (χ2v) is 7.18. The Labute approximate surface area is 123 Å². The lowest BCUT2D eigenvalue weighted by Gasteiger charge is -2.16. The average Bonchev–Trinajstić information content (AvgIpc) is 2.79. The molecule has 0 amide bonds. The van der Waals surface area contributed by atoms with Crippen molar-refractivity contribution in [3.63, 3.8) is 0 Å². The first-order valence-corrected chi connectivity index (χ1v) is 7.79. The van der Waals surface area contributed by atoms with Gasteiger partial charge in [0.2, 0.25) is 0 Å². The minimum atomic E-state index is 0.376. The van der Waals surface area contributed by atoms with E-state index in [1.165, 1.54) is 5.56 Å². The van der Waals surface area contributed by atoms with Crippen molar-refractivity contribution in [1.82, 2.24) is 5.32 Å². The van der Waals surface area contributed by atoms with Gasteiger partial charge in [-0.25, -0.2) is 0 Å². The molecule has 1 aromatic rings. The molecule has 0 aromatic heterocycles. The van der Waals surface area contributed by atoms with Crippen LogP contribution in [0.15, 0.2) is 24.3 Å². The minimum absolute atomic E-state index is 0.376. The molecule has 1 saturated carbocycles. The van der Waals surface area contributed by atoms with Crippen LogP contribution in [0.25, 0.3) is 0 Å². The molecule has 1 aliphatic rings. The van der Waals surface area contributed by atoms with Gasteiger partial charge in [-0.2, -0.15) is 0 Å². The number of ether oxygens (including phenoxy) is 1. The topological polar surface area (TPSA) is 21.3 Å². The average molecular weight is 275 g/mol. The Morgan fingerprint density at radius 2 is 1.65 bits per heavy atom. The normalized spacial score (nSPS) is 21.5. The number of benzene rings is 1. The predicted octanol–water partition coefficient (Wildman–Crippen LogP) is 4.56. The fraction of sp³-hybridized carbons (Fsp3) is 0.667. The van der Waals surface area contributed by atoms with Crippen LogP contribution < -0.4 is 10.1 Å². The SMILES string of the molecule is CCCOc1ccc(C(C)NC2C(C)(C)C2(C)C)cc1. The summed E-state index contributed by atoms with van der Waals surface area (Å²) >= 11 is 0. The van der Waals surface area contributed by atoms with Crippen LogP contribution in [0.5, 0.6) is 5.75 Å². The summed E-state index contributed by atoms with van der Waals surface area (Å²) in [6, 6.07) is 9.46. The van der Waals surface area contributed by atoms with Crippen LogP contribution in [0.4, 0.5) is 0 Å². The van der Waals surface area contributed by atoms with Crippen molar-refractivity contribution in [2.45, 2.75) is 60.0 Å². The third kappa shape index (κ3) is 2.71. The van der Waals surface area contributed by atoms with Crippen LogP contribution >= 0.6 is 0 Å². The van der Waals surface area contributed by atoms with E-state index in [1.54, 1.807) is 0 Å². The van der Waals surface area contributed by atoms with Gasteiger partial charge in [0, 0.05) is 12.1 Å². The zero-order valence-electron chi connectivity index (χ0n) is 13.8. The van der Waals surface area contributed by atoms with E-state index in [2.05, 4.69) is 71.1 Å². The molecule has 0 heterocycles. The van der Waals surface area contributed by atoms with Crippen molar-refractivity contribution in [2.24, 2.45) is 10.8 Å². The standard InChI is InChI=1S/C18H29NO/c1-7-12-20-15-10-8-14(9-11-15)13(2)19-16-17(3,4)18(16,5)6/h8-11,13,16,19H,7,12H2,1-6H3. The maximum absolute atomic E-state index is 5.63. The first-order chi connectivity index (χ1) is 9.30. The second kappa shape index (κ2) is 5.40. The molecule has 1 atom stereocenters. The third-order valence-electron chi connectivity index (χ3n) is 5.29. The Morgan fingerprint density at radius 3 is 2.10 bits per heavy atom. The number of nitrogens with one attached hydrogen (secondary N) is 1. The van der Waals surface area contributed by atoms with E-state index in [1.807, 2.05) is 0 Å². The van der Waals surface area contributed by atoms with E-state index in [4.69, 9.17) is 4.74 Å². The Morgan fingerprint density at radius 1 is 1.10 bits per heavy atom. The molecule has 1 aromatic carbocycles. The number of hydrogen-bond acceptors (Lipinski definition) is 2. The van der Waals surface area contributed by atoms with Gasteiger partial charge in [0.25, 0.3) is 0 Å². The molecule has 20 heavy (non-hydrogen) atoms. The molecule has 1 fully saturated rings. The Bertz CT molecular complexity index is 433. The van der Waals surface area contributed by atoms with Gasteiger partial charge >= 0.3 is 0 Å². The fourth-order valence-corrected chi connectivity index (χ4v) is 3.03. The zero-order chi connectivity index (χ0) is 15.0. The number of rotatable bonds is 6. The molecule has 0 radical (unpaired) electrons. The fourth-order valence-electron chi connectivity index (χ4n) is 3.03. The van der Waals surface area contributed by atoms with E-state index in [0.717, 1.165) is 18.8 Å². The molecular formula is C18H29NO. The van der Waals surface area contributed by atoms with Crippen molar-refractivity contribution in [2.75, 3.05) is 6.61 Å². The summed E-state index contributed by atoms with van der Waals surface area (Å²) < 4.78 is 5.63. The van der Waals surface area contributed by atoms with Crippen LogP contribution in [-0.2, 0) is 0 Å². The first kappa shape index (κ1) is 15.4. The molecule has 2 nitrogen and oxygen atoms in total. The van der Waals surface area contributed by atoms with Gasteiger partial charge in [-0.3, -0.25) is 0 Å². The highest BCUT2D eigenvalue weighted by molar-refractivity contribution is 5.30. The summed E-state index contributed by atoms with van der Waals surface area (Å²) in [6.45, 7) is 14.5. The highest BCUT2D eigenvalue weighted by atomic mass is 16.5. The van der Waals surface area contributed by atoms with Crippen molar-refractivity contribution in [3.05, 3.63) is 29.8 Å². The molecule has 112 valence electrons. The summed E-state index contributed by atoms with van der Waals surface area (Å²) in [5.74, 6) is 0.967. The molecular weight excluding hydrogens is 246 g/mol. The van der Waals surface area contributed by atoms with Crippen molar-refractivity contribution in [3.8, 4) is 5.75 Å². The summed E-state index contributed by atoms with van der Waals surface area (Å²) in [6.07, 6.45) is 1.05. The predicted molar refractivity (Wildman–Crippen MR) is 85.1 cm³/mol. The lowest BCUT2D eigenvalue weighted by molar-refractivity contribution is 0.317. The Kier molecular flexibility index (Phi) is 4.15. The van der Waals surface area contributed by atoms with Gasteiger partial charge in [0.15, 0.2) is 0 Å². The smallest absolute Gasteiger partial charge is 0.119 e. The summed E-state index contributed by atoms with van der Waals surface area (Å²) in [7, 11) is 0. The summed E-state index contributed by atoms with van der Waals surface area (Å²) in [4.78, 5) is 0. The monoisotopic (exact) mass is 275 g/mol. The first-order valence-electron chi connectivity index (χ1n) is 7.79. The maximum Gasteiger partial charge on any atom is 0.119 e. The van der Waals surface area contributed by atoms with Crippen molar-refractivity contribution in [1.29, 1.82) is 0 Å². The van der Waals surface area contributed by atoms with Gasteiger partial charge in [0.1, 0.15) is 5.75 Å². The number of hydrogen-bond donors (Lipinski definition) is 1. The lowest BCUT2D eigenvalue weighted by atomic mass is 10.0. The van der Waals surface area contributed by atoms with Crippen LogP contribution in [0.1, 0.15) is 59.6 Å². The molecule has 0 bridgehead atoms. The minimum Gasteiger partial charge on any atom is -0.494 e. The van der Waals surface area contributed by atoms with Crippen molar-refractivity contribution < 1.29 is 4.74 Å². The van der Waals surface area contributed by atoms with E-state index < -0.39 is 0 Å². The van der Waals surface area contributed by atoms with Crippen LogP contribution in [0.3, 0.4) is 0 Å². The van der Waals surface area contributed by atoms with E-state index in [-0.39, 0.29) is 0 Å². The second-order valence-electron chi connectivity index (χ2n) is 7.18. The van der Waals surface area contributed by atoms with Crippen LogP contribution in [-0.4, -0.2) is 12.6 Å². The molecule has 1 N–H and O–H groups in total. The maximum atomic E-state index is 5.63. The Balaban J connectivity index is 1.95. The third-order valence-corrected chi connectivity index (χ3v) is 5.29. The van der Waals surface area contributed by atoms with Gasteiger partial charge in [-0.15, -0.1) is 0 Å². The summed E-state index contributed by atoms with van der Waals surface area (Å²) in [5.41, 5.74) is 2.09. The van der Waals surface area contributed by atoms with Crippen LogP contribution in [0, 0.1) is 10.8 Å². The molecule has 0 spiro atoms. The van der Waals surface area contributed by atoms with Crippen molar-refractivity contribution >= 4 is 0 Å². The molecule has 1 aliphatic carbocycles. The van der Waals surface area contributed by atoms with Gasteiger partial charge in [-0.05, 0) is 41.9 Å². The Hall–Kier alpha value is -1.02. The molecule has 2 rings (SSSR count). The molecule has 1 unspecified atom stereocenters. The van der Waals surface area contributed by atoms with Gasteiger partial charge < -0.3 is 10.1 Å². The van der Waals surface area contributed by atoms with Gasteiger partial charge in [-0.1, -0.05) is 46.8 Å². The van der Waals surface area contributed by atoms with E-state index >= 15 is 0 Å². The zero-order valence-corrected chi connectivity index (χ0v) is 13.8. The molecule has 0 saturated heterocycles. The largest absolute Gasteiger partial charge is 0.494 e. The highest BCUT2D eigenvalue weighted by Crippen LogP contribution is 2.63. The lowest BCUT2D eigenvalue weighted by Crippen LogP contribution is -2.25. The quantitative estimate of drug-likeness (QED) is 0.821.